The first-order valence-corrected chi connectivity index (χ1v) is 8.02. The van der Waals surface area contributed by atoms with Crippen LogP contribution in [0.3, 0.4) is 0 Å². The Morgan fingerprint density at radius 1 is 1.32 bits per heavy atom. The monoisotopic (exact) mass is 345 g/mol. The average molecular weight is 345 g/mol. The summed E-state index contributed by atoms with van der Waals surface area (Å²) in [4.78, 5) is 12.9. The fourth-order valence-electron chi connectivity index (χ4n) is 2.92. The number of fused-ring (bicyclic) bond motifs is 1. The number of carbonyl (C=O) groups excluding carboxylic acids is 1. The second-order valence-electron chi connectivity index (χ2n) is 6.05. The second kappa shape index (κ2) is 6.82. The van der Waals surface area contributed by atoms with E-state index in [-0.39, 0.29) is 5.56 Å². The van der Waals surface area contributed by atoms with Gasteiger partial charge in [0, 0.05) is 24.7 Å². The molecule has 5 nitrogen and oxygen atoms in total. The van der Waals surface area contributed by atoms with Gasteiger partial charge in [-0.2, -0.15) is 0 Å². The second-order valence-corrected chi connectivity index (χ2v) is 6.05. The lowest BCUT2D eigenvalue weighted by Crippen LogP contribution is -2.40. The molecule has 0 spiro atoms. The summed E-state index contributed by atoms with van der Waals surface area (Å²) >= 11 is 0. The number of hydrogen-bond acceptors (Lipinski definition) is 4. The number of aliphatic hydroxyl groups excluding tert-OH is 1. The van der Waals surface area contributed by atoms with Gasteiger partial charge in [-0.15, -0.1) is 0 Å². The van der Waals surface area contributed by atoms with Gasteiger partial charge in [-0.05, 0) is 19.1 Å². The first-order valence-electron chi connectivity index (χ1n) is 8.02. The highest BCUT2D eigenvalue weighted by atomic mass is 19.1. The molecule has 1 aliphatic rings. The number of ether oxygens (including phenoxy) is 2. The number of halogens is 1. The maximum atomic E-state index is 14.2. The van der Waals surface area contributed by atoms with Gasteiger partial charge in [0.25, 0.3) is 5.91 Å². The van der Waals surface area contributed by atoms with Crippen molar-refractivity contribution in [3.05, 3.63) is 59.4 Å². The van der Waals surface area contributed by atoms with Gasteiger partial charge < -0.3 is 19.9 Å². The Kier molecular flexibility index (Phi) is 4.74. The van der Waals surface area contributed by atoms with Crippen LogP contribution in [0.25, 0.3) is 0 Å². The summed E-state index contributed by atoms with van der Waals surface area (Å²) in [7, 11) is 1.35. The molecule has 2 N–H and O–H groups in total. The molecule has 1 amide bonds. The third kappa shape index (κ3) is 3.10. The molecule has 0 saturated carbocycles. The molecule has 0 fully saturated rings. The molecular weight excluding hydrogens is 325 g/mol. The lowest BCUT2D eigenvalue weighted by Gasteiger charge is -2.29. The molecule has 132 valence electrons. The molecule has 0 aliphatic carbocycles. The third-order valence-electron chi connectivity index (χ3n) is 4.52. The van der Waals surface area contributed by atoms with E-state index in [1.807, 2.05) is 0 Å². The quantitative estimate of drug-likeness (QED) is 0.893. The Balaban J connectivity index is 1.94. The van der Waals surface area contributed by atoms with Crippen molar-refractivity contribution in [2.75, 3.05) is 19.0 Å². The highest BCUT2D eigenvalue weighted by Crippen LogP contribution is 2.39. The molecule has 0 saturated heterocycles. The first kappa shape index (κ1) is 17.4. The van der Waals surface area contributed by atoms with Gasteiger partial charge in [-0.3, -0.25) is 4.79 Å². The number of aliphatic hydroxyl groups is 1. The van der Waals surface area contributed by atoms with E-state index in [4.69, 9.17) is 9.47 Å². The van der Waals surface area contributed by atoms with Gasteiger partial charge in [0.2, 0.25) is 0 Å². The normalized spacial score (nSPS) is 18.6. The largest absolute Gasteiger partial charge is 0.491 e. The third-order valence-corrected chi connectivity index (χ3v) is 4.52. The van der Waals surface area contributed by atoms with Crippen molar-refractivity contribution < 1.29 is 23.8 Å². The number of benzene rings is 2. The van der Waals surface area contributed by atoms with Crippen LogP contribution in [0.4, 0.5) is 10.1 Å². The molecule has 6 heteroatoms. The van der Waals surface area contributed by atoms with Crippen LogP contribution in [0.5, 0.6) is 5.75 Å². The van der Waals surface area contributed by atoms with Gasteiger partial charge in [0.1, 0.15) is 11.6 Å². The van der Waals surface area contributed by atoms with Gasteiger partial charge >= 0.3 is 0 Å². The van der Waals surface area contributed by atoms with Crippen molar-refractivity contribution in [3.8, 4) is 5.75 Å². The van der Waals surface area contributed by atoms with Gasteiger partial charge in [0.05, 0.1) is 18.4 Å². The van der Waals surface area contributed by atoms with Crippen molar-refractivity contribution in [1.29, 1.82) is 0 Å². The summed E-state index contributed by atoms with van der Waals surface area (Å²) in [6.45, 7) is 1.86. The van der Waals surface area contributed by atoms with Crippen molar-refractivity contribution in [2.24, 2.45) is 0 Å². The van der Waals surface area contributed by atoms with Gasteiger partial charge in [-0.25, -0.2) is 4.39 Å². The van der Waals surface area contributed by atoms with Crippen LogP contribution in [0.2, 0.25) is 0 Å². The maximum Gasteiger partial charge on any atom is 0.261 e. The minimum atomic E-state index is -1.51. The highest BCUT2D eigenvalue weighted by molar-refractivity contribution is 5.99. The zero-order chi connectivity index (χ0) is 18.0. The van der Waals surface area contributed by atoms with Crippen LogP contribution in [-0.2, 0) is 15.1 Å². The van der Waals surface area contributed by atoms with Gasteiger partial charge in [0.15, 0.2) is 5.60 Å². The minimum absolute atomic E-state index is 0.140. The maximum absolute atomic E-state index is 14.2. The summed E-state index contributed by atoms with van der Waals surface area (Å²) in [5, 5.41) is 12.8. The standard InChI is InChI=1S/C19H20FNO4/c1-19(24-2,13-7-3-4-8-14(13)20)18(23)21-15-9-5-6-12-16(22)10-11-25-17(12)15/h3-9,16,22H,10-11H2,1-2H3,(H,21,23)/t16-,19-/m1/s1. The van der Waals surface area contributed by atoms with E-state index < -0.39 is 23.4 Å². The molecule has 25 heavy (non-hydrogen) atoms. The number of anilines is 1. The molecule has 0 bridgehead atoms. The fraction of sp³-hybridized carbons (Fsp3) is 0.316. The Morgan fingerprint density at radius 2 is 2.08 bits per heavy atom. The van der Waals surface area contributed by atoms with Crippen LogP contribution in [0.15, 0.2) is 42.5 Å². The number of para-hydroxylation sites is 1. The van der Waals surface area contributed by atoms with Crippen molar-refractivity contribution >= 4 is 11.6 Å². The molecule has 2 aromatic rings. The zero-order valence-corrected chi connectivity index (χ0v) is 14.1. The number of carbonyl (C=O) groups is 1. The number of rotatable bonds is 4. The lowest BCUT2D eigenvalue weighted by atomic mass is 9.93. The SMILES string of the molecule is CO[C@@](C)(C(=O)Nc1cccc2c1OCC[C@H]2O)c1ccccc1F. The predicted molar refractivity (Wildman–Crippen MR) is 90.9 cm³/mol. The van der Waals surface area contributed by atoms with Crippen LogP contribution in [0, 0.1) is 5.82 Å². The van der Waals surface area contributed by atoms with Crippen molar-refractivity contribution in [1.82, 2.24) is 0 Å². The molecule has 0 aromatic heterocycles. The van der Waals surface area contributed by atoms with E-state index in [1.165, 1.54) is 26.2 Å². The number of methoxy groups -OCH3 is 1. The molecule has 1 heterocycles. The molecule has 0 unspecified atom stereocenters. The number of amides is 1. The first-order chi connectivity index (χ1) is 12.0. The predicted octanol–water partition coefficient (Wildman–Crippen LogP) is 3.14. The summed E-state index contributed by atoms with van der Waals surface area (Å²) in [6.07, 6.45) is -0.143. The summed E-state index contributed by atoms with van der Waals surface area (Å²) in [5.41, 5.74) is -0.336. The van der Waals surface area contributed by atoms with Crippen LogP contribution in [-0.4, -0.2) is 24.7 Å². The highest BCUT2D eigenvalue weighted by Gasteiger charge is 2.38. The van der Waals surface area contributed by atoms with E-state index in [0.29, 0.717) is 30.0 Å². The summed E-state index contributed by atoms with van der Waals surface area (Å²) in [5.74, 6) is -0.623. The minimum Gasteiger partial charge on any atom is -0.491 e. The Bertz CT molecular complexity index is 795. The number of nitrogens with one attached hydrogen (secondary N) is 1. The van der Waals surface area contributed by atoms with Crippen LogP contribution in [0.1, 0.15) is 30.6 Å². The van der Waals surface area contributed by atoms with Crippen LogP contribution < -0.4 is 10.1 Å². The van der Waals surface area contributed by atoms with E-state index >= 15 is 0 Å². The molecule has 3 rings (SSSR count). The number of hydrogen-bond donors (Lipinski definition) is 2. The Labute approximate surface area is 145 Å². The molecule has 2 aromatic carbocycles. The van der Waals surface area contributed by atoms with E-state index in [0.717, 1.165) is 0 Å². The molecule has 1 aliphatic heterocycles. The van der Waals surface area contributed by atoms with E-state index in [9.17, 15) is 14.3 Å². The van der Waals surface area contributed by atoms with Gasteiger partial charge in [-0.1, -0.05) is 30.3 Å². The molecule has 0 radical (unpaired) electrons. The molecular formula is C19H20FNO4. The molecule has 2 atom stereocenters. The summed E-state index contributed by atoms with van der Waals surface area (Å²) in [6, 6.07) is 11.1. The zero-order valence-electron chi connectivity index (χ0n) is 14.1. The smallest absolute Gasteiger partial charge is 0.261 e. The summed E-state index contributed by atoms with van der Waals surface area (Å²) < 4.78 is 25.2. The van der Waals surface area contributed by atoms with Crippen LogP contribution >= 0.6 is 0 Å². The Hall–Kier alpha value is -2.44. The Morgan fingerprint density at radius 3 is 2.80 bits per heavy atom. The van der Waals surface area contributed by atoms with Crippen molar-refractivity contribution in [3.63, 3.8) is 0 Å². The topological polar surface area (TPSA) is 67.8 Å². The van der Waals surface area contributed by atoms with E-state index in [1.54, 1.807) is 30.3 Å². The fourth-order valence-corrected chi connectivity index (χ4v) is 2.92. The lowest BCUT2D eigenvalue weighted by molar-refractivity contribution is -0.137. The van der Waals surface area contributed by atoms with E-state index in [2.05, 4.69) is 5.32 Å². The van der Waals surface area contributed by atoms with Crippen molar-refractivity contribution in [2.45, 2.75) is 25.0 Å². The average Bonchev–Trinajstić information content (AvgIpc) is 2.62.